The second-order valence-electron chi connectivity index (χ2n) is 11.8. The molecule has 1 amide bonds. The Bertz CT molecular complexity index is 1820. The summed E-state index contributed by atoms with van der Waals surface area (Å²) in [5.41, 5.74) is 0.929. The van der Waals surface area contributed by atoms with Gasteiger partial charge >= 0.3 is 6.09 Å². The SMILES string of the molecule is CCCS(=O)(=O)Nc1ccc(F)c(C(=O)c2c[nH]c3ncc(-c4cnn(C5CCN(C(=O)OC(C)(C)C)CC5)c4)cc23)c1Cl. The molecule has 0 radical (unpaired) electrons. The molecule has 1 saturated heterocycles. The number of nitrogens with zero attached hydrogens (tertiary/aromatic N) is 4. The maximum atomic E-state index is 15.0. The van der Waals surface area contributed by atoms with Gasteiger partial charge in [0, 0.05) is 53.8 Å². The van der Waals surface area contributed by atoms with Gasteiger partial charge in [-0.3, -0.25) is 14.2 Å². The van der Waals surface area contributed by atoms with E-state index in [-0.39, 0.29) is 34.2 Å². The molecule has 234 valence electrons. The largest absolute Gasteiger partial charge is 0.444 e. The topological polar surface area (TPSA) is 139 Å². The van der Waals surface area contributed by atoms with Gasteiger partial charge in [-0.25, -0.2) is 22.6 Å². The number of anilines is 1. The number of halogens is 2. The number of carbonyl (C=O) groups is 2. The quantitative estimate of drug-likeness (QED) is 0.219. The Kier molecular flexibility index (Phi) is 8.72. The zero-order valence-corrected chi connectivity index (χ0v) is 26.4. The van der Waals surface area contributed by atoms with E-state index in [1.807, 2.05) is 31.6 Å². The smallest absolute Gasteiger partial charge is 0.410 e. The minimum Gasteiger partial charge on any atom is -0.444 e. The van der Waals surface area contributed by atoms with Crippen LogP contribution < -0.4 is 4.72 Å². The number of hydrogen-bond donors (Lipinski definition) is 2. The zero-order valence-electron chi connectivity index (χ0n) is 24.9. The molecule has 0 aliphatic carbocycles. The fourth-order valence-corrected chi connectivity index (χ4v) is 6.62. The van der Waals surface area contributed by atoms with Crippen molar-refractivity contribution in [3.05, 3.63) is 65.0 Å². The van der Waals surface area contributed by atoms with Gasteiger partial charge in [0.05, 0.1) is 34.3 Å². The van der Waals surface area contributed by atoms with Crippen LogP contribution in [0.5, 0.6) is 0 Å². The Balaban J connectivity index is 1.37. The first kappa shape index (κ1) is 31.5. The molecule has 2 N–H and O–H groups in total. The first-order valence-corrected chi connectivity index (χ1v) is 16.3. The van der Waals surface area contributed by atoms with Crippen molar-refractivity contribution in [1.82, 2.24) is 24.6 Å². The molecule has 1 aromatic carbocycles. The molecule has 1 aliphatic rings. The summed E-state index contributed by atoms with van der Waals surface area (Å²) < 4.78 is 49.3. The molecule has 3 aromatic heterocycles. The van der Waals surface area contributed by atoms with E-state index in [2.05, 4.69) is 19.8 Å². The van der Waals surface area contributed by atoms with Gasteiger partial charge < -0.3 is 14.6 Å². The van der Waals surface area contributed by atoms with Gasteiger partial charge in [-0.1, -0.05) is 18.5 Å². The third kappa shape index (κ3) is 6.73. The van der Waals surface area contributed by atoms with Crippen LogP contribution in [0.15, 0.2) is 43.0 Å². The van der Waals surface area contributed by atoms with Crippen molar-refractivity contribution in [3.8, 4) is 11.1 Å². The lowest BCUT2D eigenvalue weighted by Gasteiger charge is -2.33. The fraction of sp³-hybridized carbons (Fsp3) is 0.400. The Labute approximate surface area is 259 Å². The molecule has 0 spiro atoms. The van der Waals surface area contributed by atoms with Crippen LogP contribution in [0.1, 0.15) is 68.9 Å². The van der Waals surface area contributed by atoms with Gasteiger partial charge in [0.1, 0.15) is 17.1 Å². The molecule has 14 heteroatoms. The summed E-state index contributed by atoms with van der Waals surface area (Å²) in [4.78, 5) is 35.1. The lowest BCUT2D eigenvalue weighted by atomic mass is 10.0. The maximum absolute atomic E-state index is 15.0. The number of benzene rings is 1. The highest BCUT2D eigenvalue weighted by Gasteiger charge is 2.28. The molecule has 0 atom stereocenters. The first-order valence-electron chi connectivity index (χ1n) is 14.3. The number of ketones is 1. The average Bonchev–Trinajstić information content (AvgIpc) is 3.61. The van der Waals surface area contributed by atoms with Crippen molar-refractivity contribution in [2.75, 3.05) is 23.6 Å². The van der Waals surface area contributed by atoms with Crippen LogP contribution in [-0.4, -0.2) is 69.4 Å². The Morgan fingerprint density at radius 2 is 1.91 bits per heavy atom. The second kappa shape index (κ2) is 12.2. The van der Waals surface area contributed by atoms with Gasteiger partial charge in [-0.15, -0.1) is 0 Å². The first-order chi connectivity index (χ1) is 20.8. The highest BCUT2D eigenvalue weighted by Crippen LogP contribution is 2.34. The highest BCUT2D eigenvalue weighted by molar-refractivity contribution is 7.92. The second-order valence-corrected chi connectivity index (χ2v) is 14.0. The van der Waals surface area contributed by atoms with Gasteiger partial charge in [-0.05, 0) is 58.2 Å². The van der Waals surface area contributed by atoms with E-state index >= 15 is 0 Å². The van der Waals surface area contributed by atoms with E-state index in [0.717, 1.165) is 11.6 Å². The van der Waals surface area contributed by atoms with Gasteiger partial charge in [-0.2, -0.15) is 5.10 Å². The van der Waals surface area contributed by atoms with Crippen molar-refractivity contribution in [3.63, 3.8) is 0 Å². The number of amides is 1. The van der Waals surface area contributed by atoms with Gasteiger partial charge in [0.15, 0.2) is 5.78 Å². The summed E-state index contributed by atoms with van der Waals surface area (Å²) in [6.45, 7) is 8.34. The number of sulfonamides is 1. The number of carbonyl (C=O) groups excluding carboxylic acids is 2. The lowest BCUT2D eigenvalue weighted by molar-refractivity contribution is 0.0184. The number of piperidine rings is 1. The summed E-state index contributed by atoms with van der Waals surface area (Å²) in [5, 5.41) is 4.67. The van der Waals surface area contributed by atoms with Crippen molar-refractivity contribution >= 4 is 50.2 Å². The van der Waals surface area contributed by atoms with Gasteiger partial charge in [0.25, 0.3) is 0 Å². The van der Waals surface area contributed by atoms with E-state index in [0.29, 0.717) is 48.9 Å². The normalized spacial score (nSPS) is 14.6. The van der Waals surface area contributed by atoms with E-state index in [4.69, 9.17) is 16.3 Å². The van der Waals surface area contributed by atoms with Crippen LogP contribution in [0.4, 0.5) is 14.9 Å². The average molecular weight is 645 g/mol. The molecule has 1 aliphatic heterocycles. The summed E-state index contributed by atoms with van der Waals surface area (Å²) in [7, 11) is -3.72. The number of rotatable bonds is 8. The number of ether oxygens (including phenoxy) is 1. The van der Waals surface area contributed by atoms with Crippen molar-refractivity contribution in [2.45, 2.75) is 58.6 Å². The molecule has 44 heavy (non-hydrogen) atoms. The number of likely N-dealkylation sites (tertiary alicyclic amines) is 1. The molecular weight excluding hydrogens is 611 g/mol. The minimum absolute atomic E-state index is 0.0761. The summed E-state index contributed by atoms with van der Waals surface area (Å²) in [6, 6.07) is 4.05. The molecule has 4 aromatic rings. The van der Waals surface area contributed by atoms with Crippen molar-refractivity contribution in [1.29, 1.82) is 0 Å². The molecule has 0 unspecified atom stereocenters. The van der Waals surface area contributed by atoms with Crippen molar-refractivity contribution in [2.24, 2.45) is 0 Å². The summed E-state index contributed by atoms with van der Waals surface area (Å²) in [5.74, 6) is -1.75. The number of fused-ring (bicyclic) bond motifs is 1. The van der Waals surface area contributed by atoms with Crippen LogP contribution in [0.25, 0.3) is 22.2 Å². The number of aromatic nitrogens is 4. The molecule has 1 fully saturated rings. The van der Waals surface area contributed by atoms with Crippen LogP contribution in [0.2, 0.25) is 5.02 Å². The van der Waals surface area contributed by atoms with E-state index in [1.54, 1.807) is 30.3 Å². The number of nitrogens with one attached hydrogen (secondary N) is 2. The number of H-pyrrole nitrogens is 1. The molecule has 11 nitrogen and oxygen atoms in total. The molecule has 0 bridgehead atoms. The number of pyridine rings is 1. The third-order valence-electron chi connectivity index (χ3n) is 7.26. The Morgan fingerprint density at radius 3 is 2.59 bits per heavy atom. The Hall–Kier alpha value is -3.97. The minimum atomic E-state index is -3.72. The zero-order chi connectivity index (χ0) is 31.8. The third-order valence-corrected chi connectivity index (χ3v) is 9.13. The monoisotopic (exact) mass is 644 g/mol. The van der Waals surface area contributed by atoms with Gasteiger partial charge in [0.2, 0.25) is 10.0 Å². The molecular formula is C30H34ClFN6O5S. The fourth-order valence-electron chi connectivity index (χ4n) is 5.14. The van der Waals surface area contributed by atoms with Crippen LogP contribution in [0.3, 0.4) is 0 Å². The molecule has 0 saturated carbocycles. The molecule has 4 heterocycles. The molecule has 5 rings (SSSR count). The van der Waals surface area contributed by atoms with E-state index < -0.39 is 32.8 Å². The highest BCUT2D eigenvalue weighted by atomic mass is 35.5. The van der Waals surface area contributed by atoms with E-state index in [9.17, 15) is 22.4 Å². The standard InChI is InChI=1S/C30H34ClFN6O5S/c1-5-12-44(41,42)36-24-7-6-23(32)25(26(24)31)27(39)22-16-34-28-21(22)13-18(14-33-28)19-15-35-38(17-19)20-8-10-37(11-9-20)29(40)43-30(2,3)4/h6-7,13-17,20,36H,5,8-12H2,1-4H3,(H,33,34). The predicted octanol–water partition coefficient (Wildman–Crippen LogP) is 6.17. The van der Waals surface area contributed by atoms with Crippen LogP contribution >= 0.6 is 11.6 Å². The summed E-state index contributed by atoms with van der Waals surface area (Å²) >= 11 is 6.39. The predicted molar refractivity (Wildman–Crippen MR) is 166 cm³/mol. The van der Waals surface area contributed by atoms with Crippen LogP contribution in [-0.2, 0) is 14.8 Å². The number of aromatic amines is 1. The van der Waals surface area contributed by atoms with Crippen molar-refractivity contribution < 1.29 is 27.1 Å². The maximum Gasteiger partial charge on any atom is 0.410 e. The van der Waals surface area contributed by atoms with Crippen LogP contribution in [0, 0.1) is 5.82 Å². The Morgan fingerprint density at radius 1 is 1.18 bits per heavy atom. The summed E-state index contributed by atoms with van der Waals surface area (Å²) in [6.07, 6.45) is 8.16. The number of hydrogen-bond acceptors (Lipinski definition) is 7. The lowest BCUT2D eigenvalue weighted by Crippen LogP contribution is -2.42. The van der Waals surface area contributed by atoms with E-state index in [1.165, 1.54) is 12.3 Å².